The molecule has 3 N–H and O–H groups in total. The zero-order valence-corrected chi connectivity index (χ0v) is 47.6. The molecule has 0 aliphatic heterocycles. The van der Waals surface area contributed by atoms with Crippen LogP contribution in [0.1, 0.15) is 264 Å². The summed E-state index contributed by atoms with van der Waals surface area (Å²) in [6, 6.07) is -0.655. The van der Waals surface area contributed by atoms with Crippen LogP contribution in [0.2, 0.25) is 0 Å². The predicted molar refractivity (Wildman–Crippen MR) is 326 cm³/mol. The third-order valence-corrected chi connectivity index (χ3v) is 13.1. The fraction of sp³-hybridized carbons (Fsp3) is 0.638. The molecule has 4 heteroatoms. The molecule has 0 aromatic heterocycles. The van der Waals surface area contributed by atoms with E-state index in [4.69, 9.17) is 0 Å². The van der Waals surface area contributed by atoms with E-state index in [1.807, 2.05) is 6.08 Å². The summed E-state index contributed by atoms with van der Waals surface area (Å²) in [5, 5.41) is 23.2. The number of unbranched alkanes of at least 4 members (excludes halogenated alkanes) is 25. The number of carbonyl (C=O) groups excluding carboxylic acids is 1. The predicted octanol–water partition coefficient (Wildman–Crippen LogP) is 20.8. The van der Waals surface area contributed by atoms with Crippen LogP contribution in [0, 0.1) is 0 Å². The Morgan fingerprint density at radius 1 is 0.342 bits per heavy atom. The lowest BCUT2D eigenvalue weighted by molar-refractivity contribution is -0.123. The molecule has 0 heterocycles. The van der Waals surface area contributed by atoms with Crippen LogP contribution in [0.3, 0.4) is 0 Å². The molecule has 1 amide bonds. The Morgan fingerprint density at radius 2 is 0.616 bits per heavy atom. The van der Waals surface area contributed by atoms with Gasteiger partial charge in [0.2, 0.25) is 5.91 Å². The fourth-order valence-electron chi connectivity index (χ4n) is 8.46. The van der Waals surface area contributed by atoms with Crippen LogP contribution >= 0.6 is 0 Å². The number of amides is 1. The van der Waals surface area contributed by atoms with Crippen molar-refractivity contribution in [3.63, 3.8) is 0 Å². The number of rotatable bonds is 54. The van der Waals surface area contributed by atoms with Crippen LogP contribution in [0.5, 0.6) is 0 Å². The van der Waals surface area contributed by atoms with Crippen molar-refractivity contribution < 1.29 is 15.0 Å². The van der Waals surface area contributed by atoms with Gasteiger partial charge in [0.25, 0.3) is 0 Å². The molecule has 0 aliphatic rings. The van der Waals surface area contributed by atoms with Crippen molar-refractivity contribution in [3.8, 4) is 0 Å². The Balaban J connectivity index is 3.65. The molecule has 0 rings (SSSR count). The van der Waals surface area contributed by atoms with Gasteiger partial charge in [-0.05, 0) is 109 Å². The van der Waals surface area contributed by atoms with E-state index in [-0.39, 0.29) is 12.5 Å². The first-order valence-electron chi connectivity index (χ1n) is 30.5. The van der Waals surface area contributed by atoms with E-state index >= 15 is 0 Å². The van der Waals surface area contributed by atoms with Gasteiger partial charge in [0, 0.05) is 6.42 Å². The molecule has 0 aromatic carbocycles. The highest BCUT2D eigenvalue weighted by molar-refractivity contribution is 5.76. The Kier molecular flexibility index (Phi) is 59.4. The van der Waals surface area contributed by atoms with E-state index in [1.54, 1.807) is 6.08 Å². The number of nitrogens with one attached hydrogen (secondary N) is 1. The Morgan fingerprint density at radius 3 is 0.959 bits per heavy atom. The van der Waals surface area contributed by atoms with Gasteiger partial charge < -0.3 is 15.5 Å². The van der Waals surface area contributed by atoms with E-state index in [0.717, 1.165) is 109 Å². The molecule has 0 aromatic rings. The topological polar surface area (TPSA) is 69.6 Å². The van der Waals surface area contributed by atoms with Gasteiger partial charge in [0.05, 0.1) is 18.8 Å². The maximum Gasteiger partial charge on any atom is 0.220 e. The Hall–Kier alpha value is -3.73. The molecule has 73 heavy (non-hydrogen) atoms. The molecule has 0 saturated heterocycles. The number of aliphatic hydroxyl groups is 2. The van der Waals surface area contributed by atoms with Crippen molar-refractivity contribution in [2.75, 3.05) is 6.61 Å². The van der Waals surface area contributed by atoms with Crippen LogP contribution in [-0.4, -0.2) is 34.9 Å². The first-order chi connectivity index (χ1) is 36.2. The maximum atomic E-state index is 12.5. The van der Waals surface area contributed by atoms with Gasteiger partial charge in [0.15, 0.2) is 0 Å². The summed E-state index contributed by atoms with van der Waals surface area (Å²) in [5.74, 6) is -0.0868. The van der Waals surface area contributed by atoms with Crippen LogP contribution in [-0.2, 0) is 4.79 Å². The highest BCUT2D eigenvalue weighted by Gasteiger charge is 2.18. The average molecular weight is 1010 g/mol. The summed E-state index contributed by atoms with van der Waals surface area (Å²) >= 11 is 0. The van der Waals surface area contributed by atoms with Gasteiger partial charge in [-0.1, -0.05) is 295 Å². The van der Waals surface area contributed by atoms with Crippen molar-refractivity contribution in [1.82, 2.24) is 5.32 Å². The maximum absolute atomic E-state index is 12.5. The molecule has 0 bridgehead atoms. The van der Waals surface area contributed by atoms with Crippen LogP contribution < -0.4 is 5.32 Å². The molecule has 0 radical (unpaired) electrons. The molecule has 414 valence electrons. The SMILES string of the molecule is CC/C=C\C/C=C\C/C=C\C/C=C\C/C=C\C/C=C\C/C=C\C/C=C\C/C=C\C/C=C\CCCCCCCCCCC(=O)NC(CO)C(O)/C=C/CC/C=C/CCCCCCCCCCCCCCCCCC. The van der Waals surface area contributed by atoms with Crippen molar-refractivity contribution in [2.24, 2.45) is 0 Å². The van der Waals surface area contributed by atoms with Crippen molar-refractivity contribution in [2.45, 2.75) is 276 Å². The summed E-state index contributed by atoms with van der Waals surface area (Å²) in [4.78, 5) is 12.5. The second kappa shape index (κ2) is 62.6. The largest absolute Gasteiger partial charge is 0.394 e. The minimum atomic E-state index is -0.877. The molecular formula is C69H115NO3. The highest BCUT2D eigenvalue weighted by Crippen LogP contribution is 2.15. The lowest BCUT2D eigenvalue weighted by atomic mass is 10.0. The summed E-state index contributed by atoms with van der Waals surface area (Å²) < 4.78 is 0. The summed E-state index contributed by atoms with van der Waals surface area (Å²) in [6.07, 6.45) is 98.7. The number of hydrogen-bond acceptors (Lipinski definition) is 3. The molecule has 0 spiro atoms. The second-order valence-corrected chi connectivity index (χ2v) is 20.0. The van der Waals surface area contributed by atoms with Gasteiger partial charge in [-0.3, -0.25) is 4.79 Å². The normalized spacial score (nSPS) is 13.9. The standard InChI is InChI=1S/C69H115NO3/c1-3-5-7-9-11-13-15-17-19-21-23-25-27-28-29-30-31-32-33-34-35-36-37-38-39-40-41-42-43-45-47-49-51-53-55-57-59-61-63-65-69(73)70-67(66-71)68(72)64-62-60-58-56-54-52-50-48-46-44-26-24-22-20-18-16-14-12-10-8-6-4-2/h5,7,11,13,17,19,23,25,28-29,31-32,34-35,37-38,40-41,43,45,54,56,62,64,67-68,71-72H,3-4,6,8-10,12,14-16,18,20-22,24,26-27,30,33,36,39,42,44,46-53,55,57-61,63,65-66H2,1-2H3,(H,70,73)/b7-5-,13-11-,19-17-,25-23-,29-28-,32-31-,35-34-,38-37-,41-40-,45-43-,56-54+,64-62+. The Bertz CT molecular complexity index is 1510. The molecular weight excluding hydrogens is 891 g/mol. The number of allylic oxidation sites excluding steroid dienone is 23. The van der Waals surface area contributed by atoms with Crippen LogP contribution in [0.15, 0.2) is 146 Å². The van der Waals surface area contributed by atoms with E-state index in [9.17, 15) is 15.0 Å². The molecule has 0 saturated carbocycles. The minimum absolute atomic E-state index is 0.0868. The highest BCUT2D eigenvalue weighted by atomic mass is 16.3. The molecule has 2 atom stereocenters. The minimum Gasteiger partial charge on any atom is -0.394 e. The summed E-state index contributed by atoms with van der Waals surface area (Å²) in [5.41, 5.74) is 0. The van der Waals surface area contributed by atoms with Crippen molar-refractivity contribution in [3.05, 3.63) is 146 Å². The number of carbonyl (C=O) groups is 1. The van der Waals surface area contributed by atoms with Gasteiger partial charge >= 0.3 is 0 Å². The Labute approximate surface area is 453 Å². The fourth-order valence-corrected chi connectivity index (χ4v) is 8.46. The van der Waals surface area contributed by atoms with Crippen molar-refractivity contribution >= 4 is 5.91 Å². The average Bonchev–Trinajstić information content (AvgIpc) is 3.40. The van der Waals surface area contributed by atoms with Crippen LogP contribution in [0.4, 0.5) is 0 Å². The third kappa shape index (κ3) is 59.0. The molecule has 0 fully saturated rings. The first-order valence-corrected chi connectivity index (χ1v) is 30.5. The zero-order valence-electron chi connectivity index (χ0n) is 47.6. The molecule has 2 unspecified atom stereocenters. The smallest absolute Gasteiger partial charge is 0.220 e. The number of aliphatic hydroxyl groups excluding tert-OH is 2. The van der Waals surface area contributed by atoms with Gasteiger partial charge in [-0.2, -0.15) is 0 Å². The summed E-state index contributed by atoms with van der Waals surface area (Å²) in [7, 11) is 0. The van der Waals surface area contributed by atoms with E-state index in [2.05, 4.69) is 153 Å². The monoisotopic (exact) mass is 1010 g/mol. The lowest BCUT2D eigenvalue weighted by Crippen LogP contribution is -2.45. The van der Waals surface area contributed by atoms with Gasteiger partial charge in [0.1, 0.15) is 0 Å². The molecule has 0 aliphatic carbocycles. The second-order valence-electron chi connectivity index (χ2n) is 20.0. The van der Waals surface area contributed by atoms with E-state index in [0.29, 0.717) is 6.42 Å². The zero-order chi connectivity index (χ0) is 52.7. The van der Waals surface area contributed by atoms with Crippen LogP contribution in [0.25, 0.3) is 0 Å². The lowest BCUT2D eigenvalue weighted by Gasteiger charge is -2.19. The quantitative estimate of drug-likeness (QED) is 0.0420. The van der Waals surface area contributed by atoms with E-state index in [1.165, 1.54) is 135 Å². The first kappa shape index (κ1) is 69.3. The molecule has 4 nitrogen and oxygen atoms in total. The van der Waals surface area contributed by atoms with Crippen molar-refractivity contribution in [1.29, 1.82) is 0 Å². The van der Waals surface area contributed by atoms with Gasteiger partial charge in [-0.25, -0.2) is 0 Å². The van der Waals surface area contributed by atoms with E-state index < -0.39 is 12.1 Å². The van der Waals surface area contributed by atoms with Gasteiger partial charge in [-0.15, -0.1) is 0 Å². The number of hydrogen-bond donors (Lipinski definition) is 3. The third-order valence-electron chi connectivity index (χ3n) is 13.1. The summed E-state index contributed by atoms with van der Waals surface area (Å²) in [6.45, 7) is 4.19.